The molecule has 2 aromatic rings. The van der Waals surface area contributed by atoms with Crippen LogP contribution in [0.2, 0.25) is 0 Å². The van der Waals surface area contributed by atoms with E-state index in [2.05, 4.69) is 15.6 Å². The first-order valence-electron chi connectivity index (χ1n) is 9.51. The van der Waals surface area contributed by atoms with E-state index in [1.54, 1.807) is 12.1 Å². The molecule has 0 spiro atoms. The largest absolute Gasteiger partial charge is 0.367 e. The molecule has 0 fully saturated rings. The van der Waals surface area contributed by atoms with Crippen LogP contribution in [0.4, 0.5) is 20.3 Å². The van der Waals surface area contributed by atoms with Crippen molar-refractivity contribution >= 4 is 33.5 Å². The van der Waals surface area contributed by atoms with Crippen molar-refractivity contribution in [3.8, 4) is 6.07 Å². The number of carbonyl (C=O) groups excluding carboxylic acids is 1. The summed E-state index contributed by atoms with van der Waals surface area (Å²) in [5, 5.41) is 14.8. The Balaban J connectivity index is 2.13. The van der Waals surface area contributed by atoms with Gasteiger partial charge in [-0.15, -0.1) is 0 Å². The third-order valence-electron chi connectivity index (χ3n) is 3.99. The standard InChI is InChI=1S/C21H23F2N5O3S/c1-13(2)26-21-15(4-6-17(10-22)27-21)5-7-19(29)25-12-14-8-16(11-24)20(18(23)9-14)28-32(3,30)31/h4-9,13,28H,10,12H2,1-3H3,(H,25,29)(H,26,27)/b7-5+. The summed E-state index contributed by atoms with van der Waals surface area (Å²) in [6, 6.07) is 7.24. The highest BCUT2D eigenvalue weighted by Crippen LogP contribution is 2.23. The highest BCUT2D eigenvalue weighted by Gasteiger charge is 2.15. The number of pyridine rings is 1. The molecule has 0 bridgehead atoms. The number of hydrogen-bond donors (Lipinski definition) is 3. The van der Waals surface area contributed by atoms with Crippen molar-refractivity contribution in [2.24, 2.45) is 0 Å². The Bertz CT molecular complexity index is 1170. The fourth-order valence-electron chi connectivity index (χ4n) is 2.66. The van der Waals surface area contributed by atoms with Crippen molar-refractivity contribution in [3.63, 3.8) is 0 Å². The monoisotopic (exact) mass is 463 g/mol. The Morgan fingerprint density at radius 1 is 1.31 bits per heavy atom. The summed E-state index contributed by atoms with van der Waals surface area (Å²) in [5.74, 6) is -0.987. The van der Waals surface area contributed by atoms with Crippen LogP contribution in [-0.2, 0) is 28.0 Å². The molecule has 1 aromatic heterocycles. The first kappa shape index (κ1) is 24.7. The van der Waals surface area contributed by atoms with E-state index < -0.39 is 34.1 Å². The first-order valence-corrected chi connectivity index (χ1v) is 11.4. The number of amides is 1. The minimum Gasteiger partial charge on any atom is -0.367 e. The van der Waals surface area contributed by atoms with Gasteiger partial charge in [-0.3, -0.25) is 9.52 Å². The van der Waals surface area contributed by atoms with E-state index >= 15 is 0 Å². The van der Waals surface area contributed by atoms with Gasteiger partial charge in [-0.1, -0.05) is 0 Å². The molecule has 1 amide bonds. The van der Waals surface area contributed by atoms with Gasteiger partial charge in [-0.25, -0.2) is 22.2 Å². The lowest BCUT2D eigenvalue weighted by Gasteiger charge is -2.12. The maximum Gasteiger partial charge on any atom is 0.244 e. The van der Waals surface area contributed by atoms with Crippen molar-refractivity contribution < 1.29 is 22.0 Å². The molecule has 1 aromatic carbocycles. The summed E-state index contributed by atoms with van der Waals surface area (Å²) in [4.78, 5) is 16.4. The van der Waals surface area contributed by atoms with Crippen LogP contribution in [0, 0.1) is 17.1 Å². The van der Waals surface area contributed by atoms with Gasteiger partial charge in [0, 0.05) is 24.2 Å². The second-order valence-corrected chi connectivity index (χ2v) is 8.96. The van der Waals surface area contributed by atoms with Crippen LogP contribution in [0.25, 0.3) is 6.08 Å². The molecule has 0 atom stereocenters. The SMILES string of the molecule is CC(C)Nc1nc(CF)ccc1/C=C/C(=O)NCc1cc(F)c(NS(C)(=O)=O)c(C#N)c1. The molecule has 0 saturated carbocycles. The minimum absolute atomic E-state index is 0.0442. The number of nitrogens with one attached hydrogen (secondary N) is 3. The van der Waals surface area contributed by atoms with E-state index in [0.29, 0.717) is 11.4 Å². The van der Waals surface area contributed by atoms with Crippen LogP contribution in [0.3, 0.4) is 0 Å². The number of sulfonamides is 1. The second-order valence-electron chi connectivity index (χ2n) is 7.21. The van der Waals surface area contributed by atoms with Gasteiger partial charge in [0.1, 0.15) is 30.1 Å². The van der Waals surface area contributed by atoms with Crippen LogP contribution in [0.15, 0.2) is 30.3 Å². The van der Waals surface area contributed by atoms with E-state index in [1.165, 1.54) is 24.3 Å². The lowest BCUT2D eigenvalue weighted by Crippen LogP contribution is -2.21. The summed E-state index contributed by atoms with van der Waals surface area (Å²) in [6.07, 6.45) is 3.60. The van der Waals surface area contributed by atoms with E-state index in [4.69, 9.17) is 0 Å². The molecule has 0 radical (unpaired) electrons. The van der Waals surface area contributed by atoms with Gasteiger partial charge >= 0.3 is 0 Å². The lowest BCUT2D eigenvalue weighted by molar-refractivity contribution is -0.116. The highest BCUT2D eigenvalue weighted by atomic mass is 32.2. The molecule has 0 saturated heterocycles. The molecule has 0 unspecified atom stereocenters. The molecule has 3 N–H and O–H groups in total. The molecular formula is C21H23F2N5O3S. The zero-order valence-electron chi connectivity index (χ0n) is 17.7. The molecule has 0 aliphatic rings. The normalized spacial score (nSPS) is 11.4. The van der Waals surface area contributed by atoms with E-state index in [-0.39, 0.29) is 29.4 Å². The number of nitriles is 1. The number of alkyl halides is 1. The number of halogens is 2. The van der Waals surface area contributed by atoms with Gasteiger partial charge in [-0.05, 0) is 49.8 Å². The Hall–Kier alpha value is -3.52. The second kappa shape index (κ2) is 10.7. The zero-order valence-corrected chi connectivity index (χ0v) is 18.6. The number of nitrogens with zero attached hydrogens (tertiary/aromatic N) is 2. The van der Waals surface area contributed by atoms with Crippen LogP contribution in [0.5, 0.6) is 0 Å². The molecule has 0 aliphatic carbocycles. The van der Waals surface area contributed by atoms with Gasteiger partial charge in [0.05, 0.1) is 17.5 Å². The number of carbonyl (C=O) groups is 1. The summed E-state index contributed by atoms with van der Waals surface area (Å²) < 4.78 is 51.8. The van der Waals surface area contributed by atoms with Crippen molar-refractivity contribution in [2.75, 3.05) is 16.3 Å². The van der Waals surface area contributed by atoms with E-state index in [0.717, 1.165) is 12.3 Å². The van der Waals surface area contributed by atoms with Gasteiger partial charge in [0.2, 0.25) is 15.9 Å². The predicted molar refractivity (Wildman–Crippen MR) is 118 cm³/mol. The van der Waals surface area contributed by atoms with Crippen LogP contribution < -0.4 is 15.4 Å². The van der Waals surface area contributed by atoms with Gasteiger partial charge in [0.15, 0.2) is 0 Å². The number of aromatic nitrogens is 1. The maximum absolute atomic E-state index is 14.3. The van der Waals surface area contributed by atoms with Gasteiger partial charge in [0.25, 0.3) is 0 Å². The summed E-state index contributed by atoms with van der Waals surface area (Å²) in [7, 11) is -3.77. The lowest BCUT2D eigenvalue weighted by atomic mass is 10.1. The topological polar surface area (TPSA) is 124 Å². The summed E-state index contributed by atoms with van der Waals surface area (Å²) in [6.45, 7) is 2.99. The third kappa shape index (κ3) is 7.31. The van der Waals surface area contributed by atoms with E-state index in [1.807, 2.05) is 18.6 Å². The molecular weight excluding hydrogens is 440 g/mol. The maximum atomic E-state index is 14.3. The Kier molecular flexibility index (Phi) is 8.26. The van der Waals surface area contributed by atoms with Crippen LogP contribution >= 0.6 is 0 Å². The molecule has 8 nitrogen and oxygen atoms in total. The molecule has 170 valence electrons. The first-order chi connectivity index (χ1) is 15.0. The summed E-state index contributed by atoms with van der Waals surface area (Å²) in [5.41, 5.74) is 0.466. The average molecular weight is 464 g/mol. The molecule has 11 heteroatoms. The van der Waals surface area contributed by atoms with Crippen molar-refractivity contribution in [2.45, 2.75) is 33.1 Å². The fraction of sp³-hybridized carbons (Fsp3) is 0.286. The van der Waals surface area contributed by atoms with Crippen LogP contribution in [0.1, 0.15) is 36.2 Å². The molecule has 2 rings (SSSR count). The van der Waals surface area contributed by atoms with Gasteiger partial charge < -0.3 is 10.6 Å². The number of rotatable bonds is 9. The minimum atomic E-state index is -3.77. The van der Waals surface area contributed by atoms with Crippen LogP contribution in [-0.4, -0.2) is 31.6 Å². The Morgan fingerprint density at radius 2 is 2.03 bits per heavy atom. The average Bonchev–Trinajstić information content (AvgIpc) is 2.71. The highest BCUT2D eigenvalue weighted by molar-refractivity contribution is 7.92. The number of hydrogen-bond acceptors (Lipinski definition) is 6. The number of anilines is 2. The quantitative estimate of drug-likeness (QED) is 0.491. The van der Waals surface area contributed by atoms with Crippen molar-refractivity contribution in [1.29, 1.82) is 5.26 Å². The molecule has 32 heavy (non-hydrogen) atoms. The Labute approximate surface area is 185 Å². The van der Waals surface area contributed by atoms with Crippen molar-refractivity contribution in [3.05, 3.63) is 58.5 Å². The van der Waals surface area contributed by atoms with Crippen molar-refractivity contribution in [1.82, 2.24) is 10.3 Å². The predicted octanol–water partition coefficient (Wildman–Crippen LogP) is 3.08. The number of benzene rings is 1. The Morgan fingerprint density at radius 3 is 2.62 bits per heavy atom. The van der Waals surface area contributed by atoms with Gasteiger partial charge in [-0.2, -0.15) is 5.26 Å². The molecule has 0 aliphatic heterocycles. The fourth-order valence-corrected chi connectivity index (χ4v) is 3.24. The smallest absolute Gasteiger partial charge is 0.244 e. The van der Waals surface area contributed by atoms with E-state index in [9.17, 15) is 27.3 Å². The third-order valence-corrected chi connectivity index (χ3v) is 4.56. The molecule has 1 heterocycles. The summed E-state index contributed by atoms with van der Waals surface area (Å²) >= 11 is 0. The zero-order chi connectivity index (χ0) is 23.9.